The van der Waals surface area contributed by atoms with Crippen LogP contribution in [0.1, 0.15) is 58.8 Å². The Hall–Kier alpha value is -1.10. The maximum atomic E-state index is 12.1. The molecule has 116 valence electrons. The summed E-state index contributed by atoms with van der Waals surface area (Å²) in [5, 5.41) is 11.9. The van der Waals surface area contributed by atoms with Crippen LogP contribution >= 0.6 is 0 Å². The van der Waals surface area contributed by atoms with Gasteiger partial charge in [-0.2, -0.15) is 0 Å². The number of nitrogens with zero attached hydrogens (tertiary/aromatic N) is 1. The molecule has 1 rings (SSSR count). The molecule has 0 bridgehead atoms. The van der Waals surface area contributed by atoms with Crippen LogP contribution in [-0.2, 0) is 9.59 Å². The van der Waals surface area contributed by atoms with Crippen LogP contribution in [0.3, 0.4) is 0 Å². The van der Waals surface area contributed by atoms with Crippen molar-refractivity contribution in [3.8, 4) is 0 Å². The molecule has 0 saturated heterocycles. The molecule has 1 saturated carbocycles. The maximum Gasteiger partial charge on any atom is 0.317 e. The molecule has 1 aliphatic carbocycles. The van der Waals surface area contributed by atoms with Gasteiger partial charge in [-0.05, 0) is 26.7 Å². The zero-order valence-corrected chi connectivity index (χ0v) is 12.7. The first-order valence-electron chi connectivity index (χ1n) is 7.74. The lowest BCUT2D eigenvalue weighted by molar-refractivity contribution is -0.139. The number of carbonyl (C=O) groups excluding carboxylic acids is 1. The van der Waals surface area contributed by atoms with E-state index >= 15 is 0 Å². The van der Waals surface area contributed by atoms with Crippen LogP contribution in [0.4, 0.5) is 0 Å². The van der Waals surface area contributed by atoms with Crippen molar-refractivity contribution in [2.24, 2.45) is 0 Å². The molecule has 0 heterocycles. The molecular formula is C15H28N2O3. The Kier molecular flexibility index (Phi) is 7.59. The number of hydrogen-bond acceptors (Lipinski definition) is 3. The lowest BCUT2D eigenvalue weighted by atomic mass is 9.97. The highest BCUT2D eigenvalue weighted by atomic mass is 16.4. The second-order valence-electron chi connectivity index (χ2n) is 6.00. The highest BCUT2D eigenvalue weighted by Gasteiger charge is 2.19. The fourth-order valence-corrected chi connectivity index (χ4v) is 2.65. The molecule has 0 radical (unpaired) electrons. The summed E-state index contributed by atoms with van der Waals surface area (Å²) in [6, 6.07) is 0.316. The molecular weight excluding hydrogens is 256 g/mol. The predicted molar refractivity (Wildman–Crippen MR) is 78.6 cm³/mol. The molecule has 0 aliphatic heterocycles. The Morgan fingerprint density at radius 2 is 1.65 bits per heavy atom. The van der Waals surface area contributed by atoms with E-state index in [2.05, 4.69) is 5.32 Å². The predicted octanol–water partition coefficient (Wildman–Crippen LogP) is 2.01. The van der Waals surface area contributed by atoms with Gasteiger partial charge in [0.05, 0.1) is 13.1 Å². The van der Waals surface area contributed by atoms with Gasteiger partial charge >= 0.3 is 5.97 Å². The summed E-state index contributed by atoms with van der Waals surface area (Å²) in [7, 11) is 0. The van der Waals surface area contributed by atoms with Crippen molar-refractivity contribution >= 4 is 11.9 Å². The van der Waals surface area contributed by atoms with E-state index in [1.165, 1.54) is 32.1 Å². The van der Waals surface area contributed by atoms with Crippen LogP contribution in [0.2, 0.25) is 0 Å². The van der Waals surface area contributed by atoms with Gasteiger partial charge in [-0.15, -0.1) is 0 Å². The normalized spacial score (nSPS) is 17.8. The van der Waals surface area contributed by atoms with E-state index in [1.54, 1.807) is 4.90 Å². The molecule has 0 aromatic heterocycles. The van der Waals surface area contributed by atoms with Crippen LogP contribution < -0.4 is 5.32 Å². The van der Waals surface area contributed by atoms with Crippen molar-refractivity contribution < 1.29 is 14.7 Å². The van der Waals surface area contributed by atoms with Gasteiger partial charge in [0.1, 0.15) is 0 Å². The monoisotopic (exact) mass is 284 g/mol. The first-order chi connectivity index (χ1) is 9.49. The Balaban J connectivity index is 2.41. The van der Waals surface area contributed by atoms with Gasteiger partial charge in [0, 0.05) is 12.1 Å². The van der Waals surface area contributed by atoms with Crippen LogP contribution in [0, 0.1) is 0 Å². The molecule has 0 unspecified atom stereocenters. The van der Waals surface area contributed by atoms with E-state index in [0.717, 1.165) is 12.8 Å². The second kappa shape index (κ2) is 8.95. The summed E-state index contributed by atoms with van der Waals surface area (Å²) >= 11 is 0. The largest absolute Gasteiger partial charge is 0.480 e. The number of carboxylic acids is 1. The van der Waals surface area contributed by atoms with Crippen molar-refractivity contribution in [3.63, 3.8) is 0 Å². The average Bonchev–Trinajstić information content (AvgIpc) is 2.31. The molecule has 0 aromatic rings. The van der Waals surface area contributed by atoms with Crippen molar-refractivity contribution in [2.45, 2.75) is 70.9 Å². The van der Waals surface area contributed by atoms with E-state index in [4.69, 9.17) is 5.11 Å². The van der Waals surface area contributed by atoms with E-state index in [-0.39, 0.29) is 31.1 Å². The third-order valence-electron chi connectivity index (χ3n) is 3.89. The Labute approximate surface area is 121 Å². The van der Waals surface area contributed by atoms with Crippen molar-refractivity contribution in [1.29, 1.82) is 0 Å². The summed E-state index contributed by atoms with van der Waals surface area (Å²) in [6.45, 7) is 3.90. The van der Waals surface area contributed by atoms with Crippen LogP contribution in [0.15, 0.2) is 0 Å². The molecule has 5 nitrogen and oxygen atoms in total. The van der Waals surface area contributed by atoms with Gasteiger partial charge in [-0.25, -0.2) is 0 Å². The quantitative estimate of drug-likeness (QED) is 0.783. The minimum atomic E-state index is -0.891. The first kappa shape index (κ1) is 17.0. The minimum absolute atomic E-state index is 0.0502. The molecule has 5 heteroatoms. The molecule has 0 spiro atoms. The molecule has 2 N–H and O–H groups in total. The Bertz CT molecular complexity index is 310. The first-order valence-corrected chi connectivity index (χ1v) is 7.74. The molecule has 1 fully saturated rings. The van der Waals surface area contributed by atoms with E-state index < -0.39 is 5.97 Å². The van der Waals surface area contributed by atoms with Crippen LogP contribution in [0.5, 0.6) is 0 Å². The van der Waals surface area contributed by atoms with Gasteiger partial charge in [0.2, 0.25) is 5.91 Å². The summed E-state index contributed by atoms with van der Waals surface area (Å²) < 4.78 is 0. The molecule has 1 aliphatic rings. The second-order valence-corrected chi connectivity index (χ2v) is 6.00. The lowest BCUT2D eigenvalue weighted by Gasteiger charge is -2.26. The smallest absolute Gasteiger partial charge is 0.317 e. The number of rotatable bonds is 6. The number of carboxylic acid groups (broad SMARTS) is 1. The zero-order chi connectivity index (χ0) is 15.0. The molecule has 0 atom stereocenters. The number of carbonyl (C=O) groups is 2. The van der Waals surface area contributed by atoms with E-state index in [1.807, 2.05) is 13.8 Å². The van der Waals surface area contributed by atoms with Gasteiger partial charge in [-0.3, -0.25) is 14.5 Å². The number of aliphatic carboxylic acids is 1. The van der Waals surface area contributed by atoms with Crippen LogP contribution in [-0.4, -0.2) is 47.1 Å². The third kappa shape index (κ3) is 6.89. The lowest BCUT2D eigenvalue weighted by Crippen LogP contribution is -2.46. The summed E-state index contributed by atoms with van der Waals surface area (Å²) in [5.41, 5.74) is 0. The topological polar surface area (TPSA) is 69.6 Å². The Morgan fingerprint density at radius 3 is 2.15 bits per heavy atom. The van der Waals surface area contributed by atoms with Crippen molar-refractivity contribution in [1.82, 2.24) is 10.2 Å². The van der Waals surface area contributed by atoms with Crippen molar-refractivity contribution in [2.75, 3.05) is 13.1 Å². The number of hydrogen-bond donors (Lipinski definition) is 2. The highest BCUT2D eigenvalue weighted by molar-refractivity contribution is 5.79. The van der Waals surface area contributed by atoms with E-state index in [9.17, 15) is 9.59 Å². The maximum absolute atomic E-state index is 12.1. The van der Waals surface area contributed by atoms with Gasteiger partial charge in [0.15, 0.2) is 0 Å². The minimum Gasteiger partial charge on any atom is -0.480 e. The SMILES string of the molecule is CC(C)N(CC(=O)O)CC(=O)NC1CCCCCCC1. The molecule has 20 heavy (non-hydrogen) atoms. The molecule has 1 amide bonds. The summed E-state index contributed by atoms with van der Waals surface area (Å²) in [6.07, 6.45) is 8.26. The number of nitrogens with one attached hydrogen (secondary N) is 1. The van der Waals surface area contributed by atoms with Crippen molar-refractivity contribution in [3.05, 3.63) is 0 Å². The molecule has 0 aromatic carbocycles. The summed E-state index contributed by atoms with van der Waals surface area (Å²) in [5.74, 6) is -0.942. The van der Waals surface area contributed by atoms with E-state index in [0.29, 0.717) is 0 Å². The average molecular weight is 284 g/mol. The number of amides is 1. The zero-order valence-electron chi connectivity index (χ0n) is 12.7. The van der Waals surface area contributed by atoms with Gasteiger partial charge < -0.3 is 10.4 Å². The Morgan fingerprint density at radius 1 is 1.10 bits per heavy atom. The van der Waals surface area contributed by atoms with Crippen LogP contribution in [0.25, 0.3) is 0 Å². The third-order valence-corrected chi connectivity index (χ3v) is 3.89. The summed E-state index contributed by atoms with van der Waals surface area (Å²) in [4.78, 5) is 24.5. The van der Waals surface area contributed by atoms with Gasteiger partial charge in [-0.1, -0.05) is 32.1 Å². The fourth-order valence-electron chi connectivity index (χ4n) is 2.65. The highest BCUT2D eigenvalue weighted by Crippen LogP contribution is 2.17. The van der Waals surface area contributed by atoms with Gasteiger partial charge in [0.25, 0.3) is 0 Å². The standard InChI is InChI=1S/C15H28N2O3/c1-12(2)17(11-15(19)20)10-14(18)16-13-8-6-4-3-5-7-9-13/h12-13H,3-11H2,1-2H3,(H,16,18)(H,19,20). The fraction of sp³-hybridized carbons (Fsp3) is 0.867.